The molecule has 8 nitrogen and oxygen atoms in total. The van der Waals surface area contributed by atoms with Crippen LogP contribution in [-0.2, 0) is 32.2 Å². The molecule has 0 radical (unpaired) electrons. The monoisotopic (exact) mass is 352 g/mol. The molecule has 1 N–H and O–H groups in total. The van der Waals surface area contributed by atoms with Crippen LogP contribution in [0.3, 0.4) is 0 Å². The number of hydrogen-bond donors (Lipinski definition) is 1. The van der Waals surface area contributed by atoms with Crippen LogP contribution in [0.2, 0.25) is 0 Å². The van der Waals surface area contributed by atoms with Crippen LogP contribution >= 0.6 is 0 Å². The van der Waals surface area contributed by atoms with Gasteiger partial charge in [0.25, 0.3) is 0 Å². The molecular weight excluding hydrogens is 324 g/mol. The van der Waals surface area contributed by atoms with E-state index in [2.05, 4.69) is 15.6 Å². The van der Waals surface area contributed by atoms with Gasteiger partial charge in [0.05, 0.1) is 32.3 Å². The summed E-state index contributed by atoms with van der Waals surface area (Å²) in [5.41, 5.74) is 0.596. The number of carbonyl (C=O) groups excluding carboxylic acids is 3. The van der Waals surface area contributed by atoms with E-state index in [-0.39, 0.29) is 49.4 Å². The first-order valence-corrected chi connectivity index (χ1v) is 8.62. The highest BCUT2D eigenvalue weighted by Crippen LogP contribution is 2.02. The molecule has 1 heterocycles. The number of aryl methyl sites for hydroxylation is 1. The molecule has 0 spiro atoms. The van der Waals surface area contributed by atoms with Crippen LogP contribution in [0, 0.1) is 11.8 Å². The smallest absolute Gasteiger partial charge is 0.307 e. The van der Waals surface area contributed by atoms with Gasteiger partial charge in [-0.25, -0.2) is 0 Å². The molecule has 0 fully saturated rings. The molecule has 140 valence electrons. The second-order valence-electron chi connectivity index (χ2n) is 6.70. The first kappa shape index (κ1) is 20.8. The highest BCUT2D eigenvalue weighted by molar-refractivity contribution is 5.85. The number of ether oxygens (including phenoxy) is 1. The number of nitrogens with one attached hydrogen (secondary N) is 1. The molecule has 1 aromatic heterocycles. The maximum atomic E-state index is 11.7. The highest BCUT2D eigenvalue weighted by atomic mass is 16.5. The lowest BCUT2D eigenvalue weighted by Crippen LogP contribution is -2.24. The van der Waals surface area contributed by atoms with E-state index in [9.17, 15) is 14.4 Å². The normalized spacial score (nSPS) is 11.0. The maximum Gasteiger partial charge on any atom is 0.307 e. The Labute approximate surface area is 148 Å². The fourth-order valence-corrected chi connectivity index (χ4v) is 1.87. The van der Waals surface area contributed by atoms with Crippen molar-refractivity contribution in [2.24, 2.45) is 11.8 Å². The molecule has 1 amide bonds. The van der Waals surface area contributed by atoms with Crippen molar-refractivity contribution in [1.82, 2.24) is 20.3 Å². The van der Waals surface area contributed by atoms with Crippen molar-refractivity contribution in [1.29, 1.82) is 0 Å². The molecule has 0 saturated heterocycles. The fourth-order valence-electron chi connectivity index (χ4n) is 1.87. The van der Waals surface area contributed by atoms with Crippen molar-refractivity contribution in [3.05, 3.63) is 11.9 Å². The van der Waals surface area contributed by atoms with Gasteiger partial charge >= 0.3 is 5.97 Å². The Morgan fingerprint density at radius 2 is 1.88 bits per heavy atom. The Morgan fingerprint density at radius 1 is 1.16 bits per heavy atom. The maximum absolute atomic E-state index is 11.7. The Kier molecular flexibility index (Phi) is 8.80. The minimum atomic E-state index is -0.270. The fraction of sp³-hybridized carbons (Fsp3) is 0.706. The summed E-state index contributed by atoms with van der Waals surface area (Å²) in [6.45, 7) is 8.61. The van der Waals surface area contributed by atoms with Gasteiger partial charge in [-0.15, -0.1) is 5.10 Å². The van der Waals surface area contributed by atoms with Crippen molar-refractivity contribution in [2.45, 2.75) is 60.0 Å². The molecule has 1 rings (SSSR count). The number of Topliss-reactive ketones (excluding diaryl/α,β-unsaturated/α-hetero) is 1. The molecular formula is C17H28N4O4. The summed E-state index contributed by atoms with van der Waals surface area (Å²) in [7, 11) is 0. The third kappa shape index (κ3) is 8.97. The van der Waals surface area contributed by atoms with E-state index < -0.39 is 0 Å². The van der Waals surface area contributed by atoms with E-state index in [1.165, 1.54) is 0 Å². The van der Waals surface area contributed by atoms with Crippen LogP contribution in [0.5, 0.6) is 0 Å². The highest BCUT2D eigenvalue weighted by Gasteiger charge is 2.11. The zero-order valence-corrected chi connectivity index (χ0v) is 15.4. The summed E-state index contributed by atoms with van der Waals surface area (Å²) in [6.07, 6.45) is 2.32. The number of ketones is 1. The van der Waals surface area contributed by atoms with Crippen LogP contribution in [-0.4, -0.2) is 39.3 Å². The van der Waals surface area contributed by atoms with Gasteiger partial charge < -0.3 is 10.1 Å². The van der Waals surface area contributed by atoms with Gasteiger partial charge in [0.15, 0.2) is 0 Å². The van der Waals surface area contributed by atoms with E-state index in [1.807, 2.05) is 27.7 Å². The summed E-state index contributed by atoms with van der Waals surface area (Å²) >= 11 is 0. The third-order valence-electron chi connectivity index (χ3n) is 3.42. The Hall–Kier alpha value is -2.25. The standard InChI is InChI=1S/C17H28N4O4/c1-12(2)11-25-17(24)7-8-21-10-14(19-20-21)9-18-16(23)6-5-15(22)13(3)4/h10,12-13H,5-9,11H2,1-4H3,(H,18,23). The zero-order valence-electron chi connectivity index (χ0n) is 15.4. The zero-order chi connectivity index (χ0) is 18.8. The SMILES string of the molecule is CC(C)COC(=O)CCn1cc(CNC(=O)CCC(=O)C(C)C)nn1. The molecule has 0 bridgehead atoms. The minimum Gasteiger partial charge on any atom is -0.465 e. The van der Waals surface area contributed by atoms with Crippen LogP contribution in [0.15, 0.2) is 6.20 Å². The predicted molar refractivity (Wildman–Crippen MR) is 91.4 cm³/mol. The summed E-state index contributed by atoms with van der Waals surface area (Å²) in [6, 6.07) is 0. The van der Waals surface area contributed by atoms with E-state index in [0.29, 0.717) is 24.8 Å². The molecule has 0 aliphatic carbocycles. The average molecular weight is 352 g/mol. The topological polar surface area (TPSA) is 103 Å². The molecule has 0 aromatic carbocycles. The first-order chi connectivity index (χ1) is 11.8. The third-order valence-corrected chi connectivity index (χ3v) is 3.42. The van der Waals surface area contributed by atoms with Crippen molar-refractivity contribution in [3.8, 4) is 0 Å². The lowest BCUT2D eigenvalue weighted by molar-refractivity contribution is -0.145. The number of amides is 1. The van der Waals surface area contributed by atoms with Crippen LogP contribution in [0.25, 0.3) is 0 Å². The van der Waals surface area contributed by atoms with Crippen molar-refractivity contribution in [2.75, 3.05) is 6.61 Å². The van der Waals surface area contributed by atoms with Gasteiger partial charge in [0.1, 0.15) is 11.5 Å². The van der Waals surface area contributed by atoms with Crippen molar-refractivity contribution >= 4 is 17.7 Å². The summed E-state index contributed by atoms with van der Waals surface area (Å²) in [4.78, 5) is 34.8. The van der Waals surface area contributed by atoms with Crippen LogP contribution in [0.1, 0.15) is 52.7 Å². The molecule has 0 unspecified atom stereocenters. The molecule has 0 atom stereocenters. The van der Waals surface area contributed by atoms with E-state index >= 15 is 0 Å². The number of carbonyl (C=O) groups is 3. The lowest BCUT2D eigenvalue weighted by Gasteiger charge is -2.06. The van der Waals surface area contributed by atoms with E-state index in [1.54, 1.807) is 10.9 Å². The van der Waals surface area contributed by atoms with Gasteiger partial charge in [0, 0.05) is 18.8 Å². The average Bonchev–Trinajstić information content (AvgIpc) is 3.01. The number of rotatable bonds is 11. The lowest BCUT2D eigenvalue weighted by atomic mass is 10.0. The quantitative estimate of drug-likeness (QED) is 0.605. The van der Waals surface area contributed by atoms with Crippen LogP contribution < -0.4 is 5.32 Å². The van der Waals surface area contributed by atoms with Crippen molar-refractivity contribution < 1.29 is 19.1 Å². The molecule has 0 aliphatic heterocycles. The summed E-state index contributed by atoms with van der Waals surface area (Å²) in [5.74, 6) is -0.138. The first-order valence-electron chi connectivity index (χ1n) is 8.62. The number of nitrogens with zero attached hydrogens (tertiary/aromatic N) is 3. The van der Waals surface area contributed by atoms with Gasteiger partial charge in [-0.2, -0.15) is 0 Å². The predicted octanol–water partition coefficient (Wildman–Crippen LogP) is 1.49. The number of hydrogen-bond acceptors (Lipinski definition) is 6. The van der Waals surface area contributed by atoms with E-state index in [4.69, 9.17) is 4.74 Å². The Bertz CT molecular complexity index is 581. The Morgan fingerprint density at radius 3 is 2.52 bits per heavy atom. The summed E-state index contributed by atoms with van der Waals surface area (Å²) < 4.78 is 6.63. The number of aromatic nitrogens is 3. The van der Waals surface area contributed by atoms with Gasteiger partial charge in [0.2, 0.25) is 5.91 Å². The molecule has 0 saturated carbocycles. The summed E-state index contributed by atoms with van der Waals surface area (Å²) in [5, 5.41) is 10.6. The van der Waals surface area contributed by atoms with Gasteiger partial charge in [-0.3, -0.25) is 19.1 Å². The molecule has 8 heteroatoms. The molecule has 1 aromatic rings. The van der Waals surface area contributed by atoms with Crippen molar-refractivity contribution in [3.63, 3.8) is 0 Å². The van der Waals surface area contributed by atoms with Gasteiger partial charge in [-0.05, 0) is 5.92 Å². The van der Waals surface area contributed by atoms with E-state index in [0.717, 1.165) is 0 Å². The largest absolute Gasteiger partial charge is 0.465 e. The Balaban J connectivity index is 2.27. The molecule has 0 aliphatic rings. The minimum absolute atomic E-state index is 0.0556. The molecule has 25 heavy (non-hydrogen) atoms. The second kappa shape index (κ2) is 10.6. The number of esters is 1. The second-order valence-corrected chi connectivity index (χ2v) is 6.70. The van der Waals surface area contributed by atoms with Crippen LogP contribution in [0.4, 0.5) is 0 Å². The van der Waals surface area contributed by atoms with Gasteiger partial charge in [-0.1, -0.05) is 32.9 Å².